The lowest BCUT2D eigenvalue weighted by Crippen LogP contribution is -2.54. The number of aromatic nitrogens is 2. The summed E-state index contributed by atoms with van der Waals surface area (Å²) in [6, 6.07) is 6.28. The van der Waals surface area contributed by atoms with Crippen molar-refractivity contribution >= 4 is 11.8 Å². The Kier molecular flexibility index (Phi) is 6.39. The highest BCUT2D eigenvalue weighted by Gasteiger charge is 2.43. The van der Waals surface area contributed by atoms with E-state index in [9.17, 15) is 18.8 Å². The molecule has 0 radical (unpaired) electrons. The second kappa shape index (κ2) is 9.22. The lowest BCUT2D eigenvalue weighted by Gasteiger charge is -2.38. The van der Waals surface area contributed by atoms with Gasteiger partial charge in [0.25, 0.3) is 5.56 Å². The molecule has 7 nitrogen and oxygen atoms in total. The quantitative estimate of drug-likeness (QED) is 0.719. The number of H-pyrrole nitrogens is 1. The van der Waals surface area contributed by atoms with Crippen LogP contribution in [0.4, 0.5) is 4.39 Å². The number of aromatic amines is 1. The van der Waals surface area contributed by atoms with E-state index in [-0.39, 0.29) is 47.5 Å². The van der Waals surface area contributed by atoms with E-state index in [1.165, 1.54) is 12.1 Å². The summed E-state index contributed by atoms with van der Waals surface area (Å²) >= 11 is 0. The number of fused-ring (bicyclic) bond motifs is 2. The maximum Gasteiger partial charge on any atom is 0.254 e. The fourth-order valence-corrected chi connectivity index (χ4v) is 5.08. The predicted octanol–water partition coefficient (Wildman–Crippen LogP) is 2.05. The normalized spacial score (nSPS) is 22.1. The molecule has 32 heavy (non-hydrogen) atoms. The number of amides is 2. The highest BCUT2D eigenvalue weighted by atomic mass is 19.1. The zero-order chi connectivity index (χ0) is 22.8. The molecule has 2 fully saturated rings. The fraction of sp³-hybridized carbons (Fsp3) is 0.500. The Hall–Kier alpha value is -3.03. The fourth-order valence-electron chi connectivity index (χ4n) is 5.08. The number of carbonyl (C=O) groups is 2. The number of hydrogen-bond donors (Lipinski definition) is 2. The van der Waals surface area contributed by atoms with E-state index >= 15 is 0 Å². The van der Waals surface area contributed by atoms with Gasteiger partial charge in [-0.1, -0.05) is 12.1 Å². The summed E-state index contributed by atoms with van der Waals surface area (Å²) < 4.78 is 13.0. The number of aryl methyl sites for hydroxylation is 3. The summed E-state index contributed by atoms with van der Waals surface area (Å²) in [5.41, 5.74) is 1.65. The smallest absolute Gasteiger partial charge is 0.254 e. The van der Waals surface area contributed by atoms with Crippen LogP contribution in [0.5, 0.6) is 0 Å². The van der Waals surface area contributed by atoms with E-state index in [0.29, 0.717) is 43.0 Å². The standard InChI is InChI=1S/C24H29FN4O3/c1-14-20(24(32)27-15(2)26-14)11-21(30)28-23-17-6-7-18(23)13-29(12-17)22(31)10-5-16-3-8-19(25)9-4-16/h3-4,8-9,17-18,23H,5-7,10-13H2,1-2H3,(H,28,30)(H,26,27,32)/t17-,18+,23?. The molecule has 1 aliphatic carbocycles. The maximum atomic E-state index is 13.0. The molecule has 2 aliphatic rings. The lowest BCUT2D eigenvalue weighted by atomic mass is 9.91. The molecule has 1 aromatic carbocycles. The Labute approximate surface area is 186 Å². The molecule has 3 atom stereocenters. The van der Waals surface area contributed by atoms with Crippen LogP contribution in [0.1, 0.15) is 41.9 Å². The molecule has 4 rings (SSSR count). The molecule has 170 valence electrons. The number of likely N-dealkylation sites (tertiary alicyclic amines) is 1. The monoisotopic (exact) mass is 440 g/mol. The van der Waals surface area contributed by atoms with E-state index in [4.69, 9.17) is 0 Å². The summed E-state index contributed by atoms with van der Waals surface area (Å²) in [7, 11) is 0. The van der Waals surface area contributed by atoms with Crippen molar-refractivity contribution in [3.63, 3.8) is 0 Å². The number of nitrogens with one attached hydrogen (secondary N) is 2. The van der Waals surface area contributed by atoms with Crippen molar-refractivity contribution in [2.75, 3.05) is 13.1 Å². The largest absolute Gasteiger partial charge is 0.352 e. The number of rotatable bonds is 6. The van der Waals surface area contributed by atoms with Gasteiger partial charge in [-0.3, -0.25) is 14.4 Å². The Morgan fingerprint density at radius 3 is 2.44 bits per heavy atom. The summed E-state index contributed by atoms with van der Waals surface area (Å²) in [6.07, 6.45) is 2.94. The van der Waals surface area contributed by atoms with E-state index in [1.54, 1.807) is 26.0 Å². The molecular formula is C24H29FN4O3. The minimum absolute atomic E-state index is 0.00466. The van der Waals surface area contributed by atoms with Gasteiger partial charge < -0.3 is 15.2 Å². The lowest BCUT2D eigenvalue weighted by molar-refractivity contribution is -0.134. The molecule has 1 aliphatic heterocycles. The van der Waals surface area contributed by atoms with Crippen molar-refractivity contribution in [2.45, 2.75) is 52.0 Å². The van der Waals surface area contributed by atoms with E-state index in [2.05, 4.69) is 15.3 Å². The molecule has 1 aromatic heterocycles. The first-order valence-electron chi connectivity index (χ1n) is 11.2. The number of hydrogen-bond acceptors (Lipinski definition) is 4. The average Bonchev–Trinajstić information content (AvgIpc) is 2.96. The summed E-state index contributed by atoms with van der Waals surface area (Å²) in [5, 5.41) is 3.13. The topological polar surface area (TPSA) is 95.2 Å². The minimum Gasteiger partial charge on any atom is -0.352 e. The van der Waals surface area contributed by atoms with Gasteiger partial charge >= 0.3 is 0 Å². The van der Waals surface area contributed by atoms with Crippen LogP contribution in [0.2, 0.25) is 0 Å². The molecule has 2 heterocycles. The van der Waals surface area contributed by atoms with Crippen molar-refractivity contribution in [2.24, 2.45) is 11.8 Å². The summed E-state index contributed by atoms with van der Waals surface area (Å²) in [4.78, 5) is 46.4. The first-order valence-corrected chi connectivity index (χ1v) is 11.2. The van der Waals surface area contributed by atoms with Gasteiger partial charge in [0.2, 0.25) is 11.8 Å². The van der Waals surface area contributed by atoms with E-state index in [1.807, 2.05) is 4.90 Å². The number of benzene rings is 1. The molecule has 2 N–H and O–H groups in total. The zero-order valence-corrected chi connectivity index (χ0v) is 18.5. The first-order chi connectivity index (χ1) is 15.3. The molecule has 2 amide bonds. The SMILES string of the molecule is Cc1nc(C)c(CC(=O)NC2[C@@H]3CC[C@H]2CN(C(=O)CCc2ccc(F)cc2)C3)c(=O)[nH]1. The molecule has 1 saturated carbocycles. The Bertz CT molecular complexity index is 1050. The Balaban J connectivity index is 1.32. The van der Waals surface area contributed by atoms with Gasteiger partial charge in [0.15, 0.2) is 0 Å². The summed E-state index contributed by atoms with van der Waals surface area (Å²) in [5.74, 6) is 0.627. The van der Waals surface area contributed by atoms with Crippen molar-refractivity contribution in [1.29, 1.82) is 0 Å². The van der Waals surface area contributed by atoms with Gasteiger partial charge in [0, 0.05) is 36.8 Å². The van der Waals surface area contributed by atoms with Crippen molar-refractivity contribution in [3.05, 3.63) is 63.1 Å². The molecule has 0 spiro atoms. The number of halogens is 1. The zero-order valence-electron chi connectivity index (χ0n) is 18.5. The van der Waals surface area contributed by atoms with Crippen molar-refractivity contribution < 1.29 is 14.0 Å². The molecule has 1 unspecified atom stereocenters. The number of piperidine rings is 1. The van der Waals surface area contributed by atoms with Gasteiger partial charge in [0.05, 0.1) is 6.42 Å². The van der Waals surface area contributed by atoms with E-state index < -0.39 is 0 Å². The first kappa shape index (κ1) is 22.2. The van der Waals surface area contributed by atoms with Crippen molar-refractivity contribution in [3.8, 4) is 0 Å². The highest BCUT2D eigenvalue weighted by molar-refractivity contribution is 5.79. The third-order valence-electron chi connectivity index (χ3n) is 6.73. The average molecular weight is 441 g/mol. The molecule has 8 heteroatoms. The van der Waals surface area contributed by atoms with E-state index in [0.717, 1.165) is 18.4 Å². The van der Waals surface area contributed by atoms with Crippen LogP contribution >= 0.6 is 0 Å². The van der Waals surface area contributed by atoms with Gasteiger partial charge in [0.1, 0.15) is 11.6 Å². The second-order valence-corrected chi connectivity index (χ2v) is 9.01. The third-order valence-corrected chi connectivity index (χ3v) is 6.73. The number of carbonyl (C=O) groups excluding carboxylic acids is 2. The van der Waals surface area contributed by atoms with Gasteiger partial charge in [-0.05, 0) is 62.6 Å². The predicted molar refractivity (Wildman–Crippen MR) is 117 cm³/mol. The van der Waals surface area contributed by atoms with Gasteiger partial charge in [-0.15, -0.1) is 0 Å². The van der Waals surface area contributed by atoms with Crippen molar-refractivity contribution in [1.82, 2.24) is 20.2 Å². The van der Waals surface area contributed by atoms with Gasteiger partial charge in [-0.2, -0.15) is 0 Å². The van der Waals surface area contributed by atoms with Gasteiger partial charge in [-0.25, -0.2) is 9.37 Å². The van der Waals surface area contributed by atoms with Crippen LogP contribution in [0, 0.1) is 31.5 Å². The maximum absolute atomic E-state index is 13.0. The second-order valence-electron chi connectivity index (χ2n) is 9.01. The minimum atomic E-state index is -0.279. The number of nitrogens with zero attached hydrogens (tertiary/aromatic N) is 2. The third kappa shape index (κ3) is 4.89. The molecular weight excluding hydrogens is 411 g/mol. The van der Waals surface area contributed by atoms with Crippen LogP contribution in [0.15, 0.2) is 29.1 Å². The Morgan fingerprint density at radius 1 is 1.16 bits per heavy atom. The molecule has 2 aromatic rings. The van der Waals surface area contributed by atoms with Crippen LogP contribution in [-0.4, -0.2) is 45.8 Å². The highest BCUT2D eigenvalue weighted by Crippen LogP contribution is 2.37. The Morgan fingerprint density at radius 2 is 1.81 bits per heavy atom. The molecule has 1 saturated heterocycles. The van der Waals surface area contributed by atoms with Crippen LogP contribution < -0.4 is 10.9 Å². The summed E-state index contributed by atoms with van der Waals surface area (Å²) in [6.45, 7) is 4.72. The molecule has 2 bridgehead atoms. The van der Waals surface area contributed by atoms with Crippen LogP contribution in [0.25, 0.3) is 0 Å². The van der Waals surface area contributed by atoms with Crippen LogP contribution in [0.3, 0.4) is 0 Å². The van der Waals surface area contributed by atoms with Crippen LogP contribution in [-0.2, 0) is 22.4 Å².